The third-order valence-corrected chi connectivity index (χ3v) is 4.87. The molecule has 0 aromatic heterocycles. The van der Waals surface area contributed by atoms with Crippen molar-refractivity contribution in [2.75, 3.05) is 39.7 Å². The first-order valence-electron chi connectivity index (χ1n) is 9.66. The van der Waals surface area contributed by atoms with Crippen LogP contribution in [0.5, 0.6) is 17.2 Å². The number of methoxy groups -OCH3 is 3. The summed E-state index contributed by atoms with van der Waals surface area (Å²) in [4.78, 5) is 7.23. The zero-order valence-electron chi connectivity index (χ0n) is 17.3. The normalized spacial score (nSPS) is 14.0. The molecule has 3 rings (SSSR count). The van der Waals surface area contributed by atoms with Crippen molar-refractivity contribution in [1.29, 1.82) is 0 Å². The molecule has 0 amide bonds. The van der Waals surface area contributed by atoms with Crippen molar-refractivity contribution < 1.29 is 14.2 Å². The van der Waals surface area contributed by atoms with Crippen molar-refractivity contribution in [2.45, 2.75) is 25.8 Å². The Morgan fingerprint density at radius 1 is 0.897 bits per heavy atom. The van der Waals surface area contributed by atoms with Gasteiger partial charge in [0, 0.05) is 24.3 Å². The fraction of sp³-hybridized carbons (Fsp3) is 0.409. The molecule has 0 spiro atoms. The minimum Gasteiger partial charge on any atom is -0.493 e. The van der Waals surface area contributed by atoms with E-state index in [1.807, 2.05) is 30.3 Å². The minimum atomic E-state index is 0. The molecule has 7 heteroatoms. The molecular weight excluding hydrogens is 481 g/mol. The number of piperidine rings is 1. The number of rotatable bonds is 6. The molecular formula is C22H30IN3O3. The molecule has 0 atom stereocenters. The number of nitrogens with one attached hydrogen (secondary N) is 1. The molecule has 0 aliphatic carbocycles. The molecule has 0 bridgehead atoms. The van der Waals surface area contributed by atoms with Crippen LogP contribution in [0.3, 0.4) is 0 Å². The number of aliphatic imine (C=N–C) groups is 1. The molecule has 6 nitrogen and oxygen atoms in total. The van der Waals surface area contributed by atoms with Crippen LogP contribution in [0.1, 0.15) is 24.8 Å². The molecule has 0 unspecified atom stereocenters. The molecule has 1 saturated heterocycles. The number of nitrogens with zero attached hydrogens (tertiary/aromatic N) is 2. The number of halogens is 1. The van der Waals surface area contributed by atoms with Gasteiger partial charge in [0.1, 0.15) is 0 Å². The number of ether oxygens (including phenoxy) is 3. The molecule has 0 radical (unpaired) electrons. The highest BCUT2D eigenvalue weighted by molar-refractivity contribution is 14.0. The topological polar surface area (TPSA) is 55.3 Å². The van der Waals surface area contributed by atoms with Gasteiger partial charge in [0.2, 0.25) is 5.75 Å². The van der Waals surface area contributed by atoms with Crippen LogP contribution in [-0.2, 0) is 6.54 Å². The Balaban J connectivity index is 0.00000300. The molecule has 1 fully saturated rings. The van der Waals surface area contributed by atoms with Gasteiger partial charge in [-0.05, 0) is 43.5 Å². The Morgan fingerprint density at radius 2 is 1.59 bits per heavy atom. The first-order chi connectivity index (χ1) is 13.8. The summed E-state index contributed by atoms with van der Waals surface area (Å²) in [5.74, 6) is 2.78. The van der Waals surface area contributed by atoms with Gasteiger partial charge in [-0.25, -0.2) is 4.99 Å². The standard InChI is InChI=1S/C22H29N3O3.HI/c1-26-19-13-12-17(20(27-2)21(19)28-3)16-23-22(25-14-8-5-9-15-25)24-18-10-6-4-7-11-18;/h4,6-7,10-13H,5,8-9,14-16H2,1-3H3,(H,23,24);1H. The molecule has 1 aliphatic rings. The van der Waals surface area contributed by atoms with Crippen LogP contribution in [0, 0.1) is 0 Å². The first kappa shape index (κ1) is 23.1. The van der Waals surface area contributed by atoms with Gasteiger partial charge in [0.15, 0.2) is 17.5 Å². The summed E-state index contributed by atoms with van der Waals surface area (Å²) in [6.07, 6.45) is 3.66. The molecule has 29 heavy (non-hydrogen) atoms. The lowest BCUT2D eigenvalue weighted by Crippen LogP contribution is -2.40. The summed E-state index contributed by atoms with van der Waals surface area (Å²) < 4.78 is 16.5. The van der Waals surface area contributed by atoms with Crippen LogP contribution in [-0.4, -0.2) is 45.3 Å². The maximum absolute atomic E-state index is 5.60. The lowest BCUT2D eigenvalue weighted by molar-refractivity contribution is 0.322. The molecule has 0 saturated carbocycles. The van der Waals surface area contributed by atoms with Crippen LogP contribution >= 0.6 is 24.0 Å². The Hall–Kier alpha value is -2.16. The van der Waals surface area contributed by atoms with E-state index < -0.39 is 0 Å². The Labute approximate surface area is 190 Å². The molecule has 1 heterocycles. The maximum atomic E-state index is 5.60. The monoisotopic (exact) mass is 511 g/mol. The second-order valence-corrected chi connectivity index (χ2v) is 6.67. The van der Waals surface area contributed by atoms with Crippen LogP contribution in [0.15, 0.2) is 47.5 Å². The zero-order chi connectivity index (χ0) is 19.8. The van der Waals surface area contributed by atoms with Gasteiger partial charge in [-0.2, -0.15) is 0 Å². The van der Waals surface area contributed by atoms with Crippen molar-refractivity contribution >= 4 is 35.6 Å². The van der Waals surface area contributed by atoms with Gasteiger partial charge < -0.3 is 24.4 Å². The van der Waals surface area contributed by atoms with E-state index in [1.165, 1.54) is 19.3 Å². The highest BCUT2D eigenvalue weighted by Crippen LogP contribution is 2.40. The van der Waals surface area contributed by atoms with Gasteiger partial charge in [-0.15, -0.1) is 24.0 Å². The fourth-order valence-corrected chi connectivity index (χ4v) is 3.42. The minimum absolute atomic E-state index is 0. The predicted octanol–water partition coefficient (Wildman–Crippen LogP) is 4.78. The van der Waals surface area contributed by atoms with E-state index in [-0.39, 0.29) is 24.0 Å². The van der Waals surface area contributed by atoms with E-state index in [9.17, 15) is 0 Å². The summed E-state index contributed by atoms with van der Waals surface area (Å²) in [5, 5.41) is 3.49. The highest BCUT2D eigenvalue weighted by atomic mass is 127. The average molecular weight is 511 g/mol. The van der Waals surface area contributed by atoms with Crippen molar-refractivity contribution in [3.05, 3.63) is 48.0 Å². The van der Waals surface area contributed by atoms with Crippen LogP contribution in [0.4, 0.5) is 5.69 Å². The van der Waals surface area contributed by atoms with E-state index in [0.29, 0.717) is 23.8 Å². The highest BCUT2D eigenvalue weighted by Gasteiger charge is 2.18. The number of para-hydroxylation sites is 1. The smallest absolute Gasteiger partial charge is 0.203 e. The van der Waals surface area contributed by atoms with Crippen molar-refractivity contribution in [1.82, 2.24) is 4.90 Å². The average Bonchev–Trinajstić information content (AvgIpc) is 2.77. The summed E-state index contributed by atoms with van der Waals surface area (Å²) >= 11 is 0. The van der Waals surface area contributed by atoms with E-state index in [1.54, 1.807) is 21.3 Å². The third kappa shape index (κ3) is 5.91. The van der Waals surface area contributed by atoms with Gasteiger partial charge in [0.05, 0.1) is 27.9 Å². The van der Waals surface area contributed by atoms with Crippen LogP contribution < -0.4 is 19.5 Å². The third-order valence-electron chi connectivity index (χ3n) is 4.87. The van der Waals surface area contributed by atoms with Gasteiger partial charge in [0.25, 0.3) is 0 Å². The number of anilines is 1. The van der Waals surface area contributed by atoms with Gasteiger partial charge in [-0.1, -0.05) is 18.2 Å². The van der Waals surface area contributed by atoms with Crippen molar-refractivity contribution in [3.8, 4) is 17.2 Å². The van der Waals surface area contributed by atoms with Gasteiger partial charge in [-0.3, -0.25) is 0 Å². The second-order valence-electron chi connectivity index (χ2n) is 6.67. The number of hydrogen-bond acceptors (Lipinski definition) is 4. The largest absolute Gasteiger partial charge is 0.493 e. The zero-order valence-corrected chi connectivity index (χ0v) is 19.6. The lowest BCUT2D eigenvalue weighted by atomic mass is 10.1. The van der Waals surface area contributed by atoms with Crippen LogP contribution in [0.25, 0.3) is 0 Å². The Bertz CT molecular complexity index is 793. The molecule has 2 aromatic rings. The summed E-state index contributed by atoms with van der Waals surface area (Å²) in [7, 11) is 4.87. The number of benzene rings is 2. The summed E-state index contributed by atoms with van der Waals surface area (Å²) in [6, 6.07) is 14.0. The lowest BCUT2D eigenvalue weighted by Gasteiger charge is -2.30. The molecule has 158 valence electrons. The SMILES string of the molecule is COc1ccc(CN=C(Nc2ccccc2)N2CCCCC2)c(OC)c1OC.I. The summed E-state index contributed by atoms with van der Waals surface area (Å²) in [5.41, 5.74) is 1.98. The van der Waals surface area contributed by atoms with Crippen molar-refractivity contribution in [2.24, 2.45) is 4.99 Å². The first-order valence-corrected chi connectivity index (χ1v) is 9.66. The van der Waals surface area contributed by atoms with Crippen molar-refractivity contribution in [3.63, 3.8) is 0 Å². The van der Waals surface area contributed by atoms with Crippen LogP contribution in [0.2, 0.25) is 0 Å². The Kier molecular flexibility index (Phi) is 9.37. The fourth-order valence-electron chi connectivity index (χ4n) is 3.42. The Morgan fingerprint density at radius 3 is 2.21 bits per heavy atom. The van der Waals surface area contributed by atoms with Gasteiger partial charge >= 0.3 is 0 Å². The second kappa shape index (κ2) is 11.7. The molecule has 1 N–H and O–H groups in total. The maximum Gasteiger partial charge on any atom is 0.203 e. The number of likely N-dealkylation sites (tertiary alicyclic amines) is 1. The van der Waals surface area contributed by atoms with E-state index in [0.717, 1.165) is 30.3 Å². The summed E-state index contributed by atoms with van der Waals surface area (Å²) in [6.45, 7) is 2.51. The predicted molar refractivity (Wildman–Crippen MR) is 128 cm³/mol. The van der Waals surface area contributed by atoms with E-state index in [2.05, 4.69) is 22.3 Å². The van der Waals surface area contributed by atoms with E-state index in [4.69, 9.17) is 19.2 Å². The van der Waals surface area contributed by atoms with E-state index >= 15 is 0 Å². The molecule has 2 aromatic carbocycles. The molecule has 1 aliphatic heterocycles. The number of hydrogen-bond donors (Lipinski definition) is 1. The quantitative estimate of drug-likeness (QED) is 0.344. The number of guanidine groups is 1.